The predicted molar refractivity (Wildman–Crippen MR) is 114 cm³/mol. The molecule has 0 saturated heterocycles. The molecule has 4 aromatic rings. The van der Waals surface area contributed by atoms with Gasteiger partial charge in [0.25, 0.3) is 0 Å². The fourth-order valence-corrected chi connectivity index (χ4v) is 3.99. The van der Waals surface area contributed by atoms with Gasteiger partial charge in [0, 0.05) is 36.5 Å². The Balaban J connectivity index is 0.00000240. The number of aryl methyl sites for hydroxylation is 1. The molecule has 0 aliphatic heterocycles. The second-order valence-electron chi connectivity index (χ2n) is 6.95. The third-order valence-electron chi connectivity index (χ3n) is 5.33. The molecule has 0 spiro atoms. The normalized spacial score (nSPS) is 10.9. The maximum atomic E-state index is 9.29. The lowest BCUT2D eigenvalue weighted by atomic mass is 9.95. The molecular formula is C24H25BrN2O2. The number of para-hydroxylation sites is 2. The molecule has 0 amide bonds. The van der Waals surface area contributed by atoms with Crippen molar-refractivity contribution in [1.82, 2.24) is 0 Å². The van der Waals surface area contributed by atoms with Crippen LogP contribution in [0.3, 0.4) is 0 Å². The topological polar surface area (TPSA) is 47.6 Å². The van der Waals surface area contributed by atoms with Crippen LogP contribution in [0.1, 0.15) is 0 Å². The molecule has 0 radical (unpaired) electrons. The molecule has 29 heavy (non-hydrogen) atoms. The standard InChI is InChI=1S/C24H25N2O2.BrH/c1-25-22-8-4-2-6-20(22)24(21-7-3-5-9-23(21)25)18-10-12-19(13-11-18)26(14-16-27)15-17-28;/h2-13,27-28H,14-17H2,1H3;1H/q+1;/p-1. The lowest BCUT2D eigenvalue weighted by Gasteiger charge is -2.23. The number of halogens is 1. The Kier molecular flexibility index (Phi) is 6.85. The fraction of sp³-hybridized carbons (Fsp3) is 0.208. The third kappa shape index (κ3) is 3.99. The molecule has 3 aromatic carbocycles. The average molecular weight is 453 g/mol. The Bertz CT molecular complexity index is 1050. The number of aromatic nitrogens is 1. The highest BCUT2D eigenvalue weighted by Gasteiger charge is 2.18. The Labute approximate surface area is 181 Å². The van der Waals surface area contributed by atoms with Crippen LogP contribution in [-0.4, -0.2) is 36.5 Å². The summed E-state index contributed by atoms with van der Waals surface area (Å²) in [6, 6.07) is 25.4. The first-order valence-electron chi connectivity index (χ1n) is 9.61. The number of nitrogens with zero attached hydrogens (tertiary/aromatic N) is 2. The molecule has 0 aliphatic carbocycles. The summed E-state index contributed by atoms with van der Waals surface area (Å²) in [5.74, 6) is 0. The molecule has 0 unspecified atom stereocenters. The summed E-state index contributed by atoms with van der Waals surface area (Å²) < 4.78 is 2.24. The van der Waals surface area contributed by atoms with E-state index in [9.17, 15) is 10.2 Å². The summed E-state index contributed by atoms with van der Waals surface area (Å²) in [6.07, 6.45) is 0. The van der Waals surface area contributed by atoms with Gasteiger partial charge in [-0.1, -0.05) is 36.4 Å². The van der Waals surface area contributed by atoms with E-state index in [1.165, 1.54) is 27.4 Å². The molecule has 0 fully saturated rings. The number of anilines is 1. The summed E-state index contributed by atoms with van der Waals surface area (Å²) in [6.45, 7) is 1.14. The lowest BCUT2D eigenvalue weighted by molar-refractivity contribution is -0.617. The molecule has 0 aliphatic rings. The van der Waals surface area contributed by atoms with Crippen molar-refractivity contribution < 1.29 is 31.8 Å². The molecule has 150 valence electrons. The molecule has 4 nitrogen and oxygen atoms in total. The van der Waals surface area contributed by atoms with E-state index >= 15 is 0 Å². The van der Waals surface area contributed by atoms with Gasteiger partial charge in [-0.3, -0.25) is 0 Å². The molecule has 2 N–H and O–H groups in total. The van der Waals surface area contributed by atoms with Crippen LogP contribution in [0.25, 0.3) is 32.9 Å². The monoisotopic (exact) mass is 452 g/mol. The maximum Gasteiger partial charge on any atom is 0.213 e. The van der Waals surface area contributed by atoms with E-state index in [2.05, 4.69) is 84.4 Å². The molecule has 0 saturated carbocycles. The van der Waals surface area contributed by atoms with Crippen LogP contribution in [0.4, 0.5) is 5.69 Å². The molecule has 4 rings (SSSR count). The first-order valence-corrected chi connectivity index (χ1v) is 9.61. The Morgan fingerprint density at radius 3 is 1.69 bits per heavy atom. The van der Waals surface area contributed by atoms with Gasteiger partial charge >= 0.3 is 0 Å². The van der Waals surface area contributed by atoms with E-state index in [0.717, 1.165) is 11.3 Å². The highest BCUT2D eigenvalue weighted by atomic mass is 79.9. The molecule has 1 aromatic heterocycles. The minimum Gasteiger partial charge on any atom is -1.00 e. The number of pyridine rings is 1. The highest BCUT2D eigenvalue weighted by molar-refractivity contribution is 6.07. The van der Waals surface area contributed by atoms with Crippen LogP contribution in [-0.2, 0) is 7.05 Å². The summed E-state index contributed by atoms with van der Waals surface area (Å²) in [7, 11) is 2.11. The van der Waals surface area contributed by atoms with E-state index in [-0.39, 0.29) is 30.2 Å². The summed E-state index contributed by atoms with van der Waals surface area (Å²) in [5.41, 5.74) is 5.78. The number of hydrogen-bond donors (Lipinski definition) is 2. The van der Waals surface area contributed by atoms with E-state index < -0.39 is 0 Å². The van der Waals surface area contributed by atoms with Crippen LogP contribution in [0.5, 0.6) is 0 Å². The van der Waals surface area contributed by atoms with Crippen molar-refractivity contribution >= 4 is 27.5 Å². The molecular weight excluding hydrogens is 428 g/mol. The van der Waals surface area contributed by atoms with Crippen LogP contribution >= 0.6 is 0 Å². The second kappa shape index (κ2) is 9.35. The van der Waals surface area contributed by atoms with Crippen molar-refractivity contribution in [2.75, 3.05) is 31.2 Å². The average Bonchev–Trinajstić information content (AvgIpc) is 2.74. The van der Waals surface area contributed by atoms with Gasteiger partial charge in [0.2, 0.25) is 11.0 Å². The van der Waals surface area contributed by atoms with Crippen molar-refractivity contribution in [3.63, 3.8) is 0 Å². The Morgan fingerprint density at radius 2 is 1.21 bits per heavy atom. The fourth-order valence-electron chi connectivity index (χ4n) is 3.99. The molecule has 0 bridgehead atoms. The van der Waals surface area contributed by atoms with E-state index in [1.807, 2.05) is 4.90 Å². The SMILES string of the molecule is C[n+]1c2ccccc2c(-c2ccc(N(CCO)CCO)cc2)c2ccccc21.[Br-]. The lowest BCUT2D eigenvalue weighted by Crippen LogP contribution is -3.00. The van der Waals surface area contributed by atoms with E-state index in [1.54, 1.807) is 0 Å². The Hall–Kier alpha value is -2.47. The van der Waals surface area contributed by atoms with Crippen molar-refractivity contribution in [3.05, 3.63) is 72.8 Å². The number of rotatable bonds is 6. The Morgan fingerprint density at radius 1 is 0.724 bits per heavy atom. The van der Waals surface area contributed by atoms with Crippen LogP contribution in [0.2, 0.25) is 0 Å². The molecule has 1 heterocycles. The second-order valence-corrected chi connectivity index (χ2v) is 6.95. The van der Waals surface area contributed by atoms with Gasteiger partial charge in [-0.15, -0.1) is 0 Å². The summed E-state index contributed by atoms with van der Waals surface area (Å²) in [5, 5.41) is 21.0. The quantitative estimate of drug-likeness (QED) is 0.326. The molecule has 5 heteroatoms. The maximum absolute atomic E-state index is 9.29. The number of benzene rings is 3. The van der Waals surface area contributed by atoms with Gasteiger partial charge in [-0.25, -0.2) is 0 Å². The smallest absolute Gasteiger partial charge is 0.213 e. The number of fused-ring (bicyclic) bond motifs is 2. The first-order chi connectivity index (χ1) is 13.7. The van der Waals surface area contributed by atoms with Crippen molar-refractivity contribution in [2.45, 2.75) is 0 Å². The first kappa shape index (κ1) is 21.2. The number of hydrogen-bond acceptors (Lipinski definition) is 3. The zero-order valence-electron chi connectivity index (χ0n) is 16.4. The van der Waals surface area contributed by atoms with Crippen molar-refractivity contribution in [3.8, 4) is 11.1 Å². The van der Waals surface area contributed by atoms with Crippen LogP contribution < -0.4 is 26.4 Å². The van der Waals surface area contributed by atoms with E-state index in [4.69, 9.17) is 0 Å². The van der Waals surface area contributed by atoms with Gasteiger partial charge in [-0.05, 0) is 29.8 Å². The largest absolute Gasteiger partial charge is 1.00 e. The summed E-state index contributed by atoms with van der Waals surface area (Å²) >= 11 is 0. The predicted octanol–water partition coefficient (Wildman–Crippen LogP) is 0.279. The van der Waals surface area contributed by atoms with Gasteiger partial charge in [0.15, 0.2) is 0 Å². The highest BCUT2D eigenvalue weighted by Crippen LogP contribution is 2.34. The van der Waals surface area contributed by atoms with Gasteiger partial charge < -0.3 is 32.1 Å². The minimum absolute atomic E-state index is 0. The van der Waals surface area contributed by atoms with Crippen molar-refractivity contribution in [2.24, 2.45) is 7.05 Å². The number of aliphatic hydroxyl groups excluding tert-OH is 2. The van der Waals surface area contributed by atoms with Crippen LogP contribution in [0, 0.1) is 0 Å². The van der Waals surface area contributed by atoms with E-state index in [0.29, 0.717) is 13.1 Å². The summed E-state index contributed by atoms with van der Waals surface area (Å²) in [4.78, 5) is 1.99. The zero-order chi connectivity index (χ0) is 19.5. The van der Waals surface area contributed by atoms with Gasteiger partial charge in [0.1, 0.15) is 7.05 Å². The molecule has 0 atom stereocenters. The van der Waals surface area contributed by atoms with Gasteiger partial charge in [-0.2, -0.15) is 4.57 Å². The number of aliphatic hydroxyl groups is 2. The van der Waals surface area contributed by atoms with Crippen molar-refractivity contribution in [1.29, 1.82) is 0 Å². The van der Waals surface area contributed by atoms with Crippen LogP contribution in [0.15, 0.2) is 72.8 Å². The van der Waals surface area contributed by atoms with Gasteiger partial charge in [0.05, 0.1) is 24.0 Å². The third-order valence-corrected chi connectivity index (χ3v) is 5.33. The zero-order valence-corrected chi connectivity index (χ0v) is 18.0. The minimum atomic E-state index is 0.